The highest BCUT2D eigenvalue weighted by Crippen LogP contribution is 2.31. The average Bonchev–Trinajstić information content (AvgIpc) is 3.21. The number of methoxy groups -OCH3 is 1. The third-order valence-corrected chi connectivity index (χ3v) is 5.04. The Hall–Kier alpha value is -2.15. The smallest absolute Gasteiger partial charge is 0.357 e. The minimum absolute atomic E-state index is 0.119. The average molecular weight is 363 g/mol. The van der Waals surface area contributed by atoms with Crippen molar-refractivity contribution in [2.45, 2.75) is 46.1 Å². The molecule has 2 aromatic heterocycles. The summed E-state index contributed by atoms with van der Waals surface area (Å²) in [7, 11) is 1.33. The van der Waals surface area contributed by atoms with Gasteiger partial charge in [0.2, 0.25) is 5.91 Å². The fourth-order valence-electron chi connectivity index (χ4n) is 2.57. The first-order valence-electron chi connectivity index (χ1n) is 8.35. The molecule has 0 aliphatic heterocycles. The Morgan fingerprint density at radius 1 is 1.24 bits per heavy atom. The van der Waals surface area contributed by atoms with Gasteiger partial charge in [0.1, 0.15) is 6.04 Å². The van der Waals surface area contributed by atoms with E-state index >= 15 is 0 Å². The summed E-state index contributed by atoms with van der Waals surface area (Å²) >= 11 is 1.32. The number of amides is 1. The highest BCUT2D eigenvalue weighted by molar-refractivity contribution is 7.16. The molecule has 0 radical (unpaired) electrons. The lowest BCUT2D eigenvalue weighted by Crippen LogP contribution is -2.26. The summed E-state index contributed by atoms with van der Waals surface area (Å²) in [4.78, 5) is 29.8. The van der Waals surface area contributed by atoms with Crippen LogP contribution in [-0.2, 0) is 9.53 Å². The largest absolute Gasteiger partial charge is 0.464 e. The number of anilines is 1. The molecule has 1 N–H and O–H groups in total. The lowest BCUT2D eigenvalue weighted by molar-refractivity contribution is -0.119. The summed E-state index contributed by atoms with van der Waals surface area (Å²) in [5, 5.41) is 3.30. The SMILES string of the molecule is COC(=O)c1nc(NC(=O)C(CC(C)C)n2cccc2)sc1C(C)C. The van der Waals surface area contributed by atoms with Crippen molar-refractivity contribution in [3.05, 3.63) is 35.1 Å². The van der Waals surface area contributed by atoms with Crippen molar-refractivity contribution in [2.24, 2.45) is 5.92 Å². The van der Waals surface area contributed by atoms with Crippen LogP contribution in [0.4, 0.5) is 5.13 Å². The number of rotatable bonds is 7. The normalized spacial score (nSPS) is 12.4. The molecule has 2 aromatic rings. The number of aromatic nitrogens is 2. The monoisotopic (exact) mass is 363 g/mol. The zero-order chi connectivity index (χ0) is 18.6. The van der Waals surface area contributed by atoms with E-state index in [1.54, 1.807) is 0 Å². The van der Waals surface area contributed by atoms with Crippen LogP contribution in [-0.4, -0.2) is 28.5 Å². The Morgan fingerprint density at radius 2 is 1.88 bits per heavy atom. The van der Waals surface area contributed by atoms with E-state index < -0.39 is 5.97 Å². The molecule has 6 nitrogen and oxygen atoms in total. The maximum atomic E-state index is 12.8. The van der Waals surface area contributed by atoms with Crippen molar-refractivity contribution in [1.29, 1.82) is 0 Å². The number of hydrogen-bond acceptors (Lipinski definition) is 5. The van der Waals surface area contributed by atoms with Crippen LogP contribution in [0.2, 0.25) is 0 Å². The molecule has 1 atom stereocenters. The summed E-state index contributed by atoms with van der Waals surface area (Å²) in [6.45, 7) is 8.12. The summed E-state index contributed by atoms with van der Waals surface area (Å²) < 4.78 is 6.69. The van der Waals surface area contributed by atoms with E-state index in [1.807, 2.05) is 42.9 Å². The van der Waals surface area contributed by atoms with Gasteiger partial charge in [-0.3, -0.25) is 4.79 Å². The van der Waals surface area contributed by atoms with Crippen molar-refractivity contribution in [1.82, 2.24) is 9.55 Å². The number of nitrogens with one attached hydrogen (secondary N) is 1. The van der Waals surface area contributed by atoms with Gasteiger partial charge in [-0.15, -0.1) is 11.3 Å². The first-order chi connectivity index (χ1) is 11.8. The summed E-state index contributed by atoms with van der Waals surface area (Å²) in [6.07, 6.45) is 4.48. The number of esters is 1. The van der Waals surface area contributed by atoms with Gasteiger partial charge < -0.3 is 14.6 Å². The highest BCUT2D eigenvalue weighted by Gasteiger charge is 2.25. The Labute approximate surface area is 152 Å². The number of carbonyl (C=O) groups is 2. The van der Waals surface area contributed by atoms with Gasteiger partial charge in [-0.1, -0.05) is 27.7 Å². The second-order valence-corrected chi connectivity index (χ2v) is 7.67. The molecule has 0 spiro atoms. The predicted octanol–water partition coefficient (Wildman–Crippen LogP) is 4.08. The summed E-state index contributed by atoms with van der Waals surface area (Å²) in [5.41, 5.74) is 0.277. The van der Waals surface area contributed by atoms with Gasteiger partial charge in [-0.25, -0.2) is 9.78 Å². The molecule has 25 heavy (non-hydrogen) atoms. The molecule has 0 fully saturated rings. The van der Waals surface area contributed by atoms with Gasteiger partial charge in [-0.05, 0) is 30.4 Å². The van der Waals surface area contributed by atoms with Crippen molar-refractivity contribution in [2.75, 3.05) is 12.4 Å². The Balaban J connectivity index is 2.25. The molecule has 1 unspecified atom stereocenters. The molecule has 0 bridgehead atoms. The second kappa shape index (κ2) is 8.29. The topological polar surface area (TPSA) is 73.2 Å². The number of ether oxygens (including phenoxy) is 1. The standard InChI is InChI=1S/C18H25N3O3S/c1-11(2)10-13(21-8-6-7-9-21)16(22)20-18-19-14(17(23)24-5)15(25-18)12(3)4/h6-9,11-13H,10H2,1-5H3,(H,19,20,22). The molecule has 0 aromatic carbocycles. The minimum Gasteiger partial charge on any atom is -0.464 e. The number of nitrogens with zero attached hydrogens (tertiary/aromatic N) is 2. The maximum absolute atomic E-state index is 12.8. The van der Waals surface area contributed by atoms with Crippen LogP contribution in [0.5, 0.6) is 0 Å². The molecule has 2 rings (SSSR count). The number of thiazole rings is 1. The van der Waals surface area contributed by atoms with Gasteiger partial charge in [0.05, 0.1) is 7.11 Å². The van der Waals surface area contributed by atoms with Gasteiger partial charge in [0.25, 0.3) is 0 Å². The molecule has 136 valence electrons. The van der Waals surface area contributed by atoms with E-state index in [-0.39, 0.29) is 23.6 Å². The van der Waals surface area contributed by atoms with Gasteiger partial charge in [-0.2, -0.15) is 0 Å². The zero-order valence-electron chi connectivity index (χ0n) is 15.3. The van der Waals surface area contributed by atoms with E-state index in [4.69, 9.17) is 4.74 Å². The van der Waals surface area contributed by atoms with E-state index in [0.717, 1.165) is 4.88 Å². The fraction of sp³-hybridized carbons (Fsp3) is 0.500. The summed E-state index contributed by atoms with van der Waals surface area (Å²) in [5.74, 6) is -0.130. The highest BCUT2D eigenvalue weighted by atomic mass is 32.1. The van der Waals surface area contributed by atoms with Gasteiger partial charge in [0, 0.05) is 17.3 Å². The van der Waals surface area contributed by atoms with E-state index in [2.05, 4.69) is 24.1 Å². The van der Waals surface area contributed by atoms with Gasteiger partial charge >= 0.3 is 5.97 Å². The third-order valence-electron chi connectivity index (χ3n) is 3.77. The van der Waals surface area contributed by atoms with Crippen molar-refractivity contribution >= 4 is 28.3 Å². The molecule has 7 heteroatoms. The molecule has 0 saturated carbocycles. The molecule has 1 amide bonds. The third kappa shape index (κ3) is 4.69. The quantitative estimate of drug-likeness (QED) is 0.752. The Morgan fingerprint density at radius 3 is 2.40 bits per heavy atom. The number of carbonyl (C=O) groups excluding carboxylic acids is 2. The van der Waals surface area contributed by atoms with Crippen molar-refractivity contribution in [3.8, 4) is 0 Å². The fourth-order valence-corrected chi connectivity index (χ4v) is 3.53. The Kier molecular flexibility index (Phi) is 6.36. The summed E-state index contributed by atoms with van der Waals surface area (Å²) in [6, 6.07) is 3.48. The van der Waals surface area contributed by atoms with Crippen molar-refractivity contribution in [3.63, 3.8) is 0 Å². The van der Waals surface area contributed by atoms with Crippen LogP contribution in [0, 0.1) is 5.92 Å². The maximum Gasteiger partial charge on any atom is 0.357 e. The molecule has 2 heterocycles. The van der Waals surface area contributed by atoms with E-state index in [9.17, 15) is 9.59 Å². The molecular formula is C18H25N3O3S. The first-order valence-corrected chi connectivity index (χ1v) is 9.17. The van der Waals surface area contributed by atoms with Crippen LogP contribution < -0.4 is 5.32 Å². The van der Waals surface area contributed by atoms with Crippen LogP contribution >= 0.6 is 11.3 Å². The number of hydrogen-bond donors (Lipinski definition) is 1. The second-order valence-electron chi connectivity index (χ2n) is 6.64. The Bertz CT molecular complexity index is 720. The lowest BCUT2D eigenvalue weighted by Gasteiger charge is -2.19. The molecule has 0 aliphatic rings. The van der Waals surface area contributed by atoms with Crippen LogP contribution in [0.1, 0.15) is 61.4 Å². The first kappa shape index (κ1) is 19.2. The van der Waals surface area contributed by atoms with Crippen LogP contribution in [0.3, 0.4) is 0 Å². The van der Waals surface area contributed by atoms with Gasteiger partial charge in [0.15, 0.2) is 10.8 Å². The predicted molar refractivity (Wildman–Crippen MR) is 99.1 cm³/mol. The van der Waals surface area contributed by atoms with E-state index in [0.29, 0.717) is 17.5 Å². The van der Waals surface area contributed by atoms with Crippen molar-refractivity contribution < 1.29 is 14.3 Å². The minimum atomic E-state index is -0.482. The van der Waals surface area contributed by atoms with Crippen LogP contribution in [0.15, 0.2) is 24.5 Å². The zero-order valence-corrected chi connectivity index (χ0v) is 16.1. The molecular weight excluding hydrogens is 338 g/mol. The molecule has 0 aliphatic carbocycles. The lowest BCUT2D eigenvalue weighted by atomic mass is 10.0. The molecule has 0 saturated heterocycles. The van der Waals surface area contributed by atoms with Crippen LogP contribution in [0.25, 0.3) is 0 Å². The van der Waals surface area contributed by atoms with E-state index in [1.165, 1.54) is 18.4 Å².